The lowest BCUT2D eigenvalue weighted by Crippen LogP contribution is -2.59. The van der Waals surface area contributed by atoms with Crippen molar-refractivity contribution < 1.29 is 18.3 Å². The Kier molecular flexibility index (Phi) is 4.03. The van der Waals surface area contributed by atoms with Crippen LogP contribution in [0.25, 0.3) is 0 Å². The second-order valence-electron chi connectivity index (χ2n) is 3.17. The van der Waals surface area contributed by atoms with E-state index in [2.05, 4.69) is 10.0 Å². The zero-order valence-electron chi connectivity index (χ0n) is 8.43. The van der Waals surface area contributed by atoms with Gasteiger partial charge in [-0.05, 0) is 0 Å². The fourth-order valence-corrected chi connectivity index (χ4v) is 2.81. The van der Waals surface area contributed by atoms with Crippen LogP contribution in [0.5, 0.6) is 0 Å². The molecule has 1 aliphatic heterocycles. The Morgan fingerprint density at radius 2 is 2.33 bits per heavy atom. The van der Waals surface area contributed by atoms with Crippen LogP contribution in [0.15, 0.2) is 0 Å². The maximum Gasteiger partial charge on any atom is 0.323 e. The highest BCUT2D eigenvalue weighted by Crippen LogP contribution is 2.08. The zero-order valence-corrected chi connectivity index (χ0v) is 9.25. The van der Waals surface area contributed by atoms with Crippen LogP contribution in [-0.2, 0) is 15.0 Å². The molecule has 0 spiro atoms. The summed E-state index contributed by atoms with van der Waals surface area (Å²) in [7, 11) is -3.67. The molecule has 7 nitrogen and oxygen atoms in total. The Morgan fingerprint density at radius 3 is 2.87 bits per heavy atom. The monoisotopic (exact) mass is 237 g/mol. The Morgan fingerprint density at radius 1 is 1.67 bits per heavy atom. The van der Waals surface area contributed by atoms with Crippen LogP contribution >= 0.6 is 0 Å². The van der Waals surface area contributed by atoms with Gasteiger partial charge in [-0.15, -0.1) is 0 Å². The van der Waals surface area contributed by atoms with Gasteiger partial charge in [0.05, 0.1) is 0 Å². The molecule has 0 radical (unpaired) electrons. The molecule has 3 N–H and O–H groups in total. The van der Waals surface area contributed by atoms with Crippen LogP contribution < -0.4 is 10.0 Å². The molecule has 1 saturated heterocycles. The summed E-state index contributed by atoms with van der Waals surface area (Å²) in [5.41, 5.74) is 0. The summed E-state index contributed by atoms with van der Waals surface area (Å²) in [5.74, 6) is -1.14. The van der Waals surface area contributed by atoms with E-state index in [9.17, 15) is 13.2 Å². The summed E-state index contributed by atoms with van der Waals surface area (Å²) in [6.45, 7) is 2.68. The largest absolute Gasteiger partial charge is 0.480 e. The number of carboxylic acid groups (broad SMARTS) is 1. The quantitative estimate of drug-likeness (QED) is 0.536. The van der Waals surface area contributed by atoms with E-state index in [4.69, 9.17) is 5.11 Å². The average Bonchev–Trinajstić information content (AvgIpc) is 2.17. The maximum atomic E-state index is 11.6. The molecule has 1 aliphatic rings. The van der Waals surface area contributed by atoms with Crippen molar-refractivity contribution in [3.8, 4) is 0 Å². The predicted octanol–water partition coefficient (Wildman–Crippen LogP) is -1.80. The third-order valence-electron chi connectivity index (χ3n) is 2.11. The second kappa shape index (κ2) is 4.88. The average molecular weight is 237 g/mol. The molecule has 0 bridgehead atoms. The van der Waals surface area contributed by atoms with E-state index in [1.165, 1.54) is 0 Å². The summed E-state index contributed by atoms with van der Waals surface area (Å²) in [5, 5.41) is 11.7. The molecular formula is C7H15N3O4S. The predicted molar refractivity (Wildman–Crippen MR) is 53.6 cm³/mol. The molecule has 1 rings (SSSR count). The molecule has 0 amide bonds. The molecule has 0 aliphatic carbocycles. The van der Waals surface area contributed by atoms with Crippen molar-refractivity contribution in [3.05, 3.63) is 0 Å². The molecule has 8 heteroatoms. The van der Waals surface area contributed by atoms with Crippen LogP contribution in [0.1, 0.15) is 6.92 Å². The topological polar surface area (TPSA) is 98.7 Å². The molecule has 0 aromatic rings. The van der Waals surface area contributed by atoms with E-state index in [1.54, 1.807) is 6.92 Å². The fourth-order valence-electron chi connectivity index (χ4n) is 1.45. The van der Waals surface area contributed by atoms with Gasteiger partial charge in [-0.25, -0.2) is 4.72 Å². The van der Waals surface area contributed by atoms with Crippen LogP contribution in [0.2, 0.25) is 0 Å². The summed E-state index contributed by atoms with van der Waals surface area (Å²) in [4.78, 5) is 10.8. The zero-order chi connectivity index (χ0) is 11.5. The van der Waals surface area contributed by atoms with Gasteiger partial charge < -0.3 is 10.4 Å². The van der Waals surface area contributed by atoms with E-state index in [0.717, 1.165) is 4.31 Å². The molecule has 1 atom stereocenters. The van der Waals surface area contributed by atoms with Gasteiger partial charge in [-0.2, -0.15) is 12.7 Å². The molecule has 1 heterocycles. The van der Waals surface area contributed by atoms with Crippen molar-refractivity contribution in [1.82, 2.24) is 14.3 Å². The minimum atomic E-state index is -3.67. The minimum Gasteiger partial charge on any atom is -0.480 e. The molecular weight excluding hydrogens is 222 g/mol. The van der Waals surface area contributed by atoms with Gasteiger partial charge in [0, 0.05) is 26.2 Å². The van der Waals surface area contributed by atoms with Crippen LogP contribution in [0.4, 0.5) is 0 Å². The number of hydrogen-bond donors (Lipinski definition) is 3. The molecule has 1 unspecified atom stereocenters. The van der Waals surface area contributed by atoms with Crippen molar-refractivity contribution in [2.45, 2.75) is 13.0 Å². The third-order valence-corrected chi connectivity index (χ3v) is 3.82. The molecule has 15 heavy (non-hydrogen) atoms. The number of nitrogens with zero attached hydrogens (tertiary/aromatic N) is 1. The SMILES string of the molecule is CCNS(=O)(=O)N1CCNCC1C(=O)O. The van der Waals surface area contributed by atoms with Gasteiger partial charge in [0.15, 0.2) is 0 Å². The number of hydrogen-bond acceptors (Lipinski definition) is 4. The first-order valence-corrected chi connectivity index (χ1v) is 6.13. The number of aliphatic carboxylic acids is 1. The number of carboxylic acids is 1. The molecule has 88 valence electrons. The Labute approximate surface area is 88.6 Å². The van der Waals surface area contributed by atoms with Crippen LogP contribution in [0, 0.1) is 0 Å². The van der Waals surface area contributed by atoms with E-state index in [0.29, 0.717) is 6.54 Å². The third kappa shape index (κ3) is 2.88. The first-order valence-electron chi connectivity index (χ1n) is 4.69. The fraction of sp³-hybridized carbons (Fsp3) is 0.857. The summed E-state index contributed by atoms with van der Waals surface area (Å²) >= 11 is 0. The van der Waals surface area contributed by atoms with Gasteiger partial charge in [0.2, 0.25) is 0 Å². The van der Waals surface area contributed by atoms with Crippen molar-refractivity contribution in [3.63, 3.8) is 0 Å². The number of piperazine rings is 1. The maximum absolute atomic E-state index is 11.6. The minimum absolute atomic E-state index is 0.139. The van der Waals surface area contributed by atoms with Crippen LogP contribution in [-0.4, -0.2) is 56.0 Å². The Bertz CT molecular complexity index is 329. The smallest absolute Gasteiger partial charge is 0.323 e. The lowest BCUT2D eigenvalue weighted by Gasteiger charge is -2.32. The van der Waals surface area contributed by atoms with Crippen molar-refractivity contribution in [2.75, 3.05) is 26.2 Å². The number of nitrogens with one attached hydrogen (secondary N) is 2. The van der Waals surface area contributed by atoms with E-state index in [1.807, 2.05) is 0 Å². The van der Waals surface area contributed by atoms with Crippen molar-refractivity contribution >= 4 is 16.2 Å². The lowest BCUT2D eigenvalue weighted by atomic mass is 10.2. The highest BCUT2D eigenvalue weighted by Gasteiger charge is 2.36. The molecule has 0 aromatic heterocycles. The Hall–Kier alpha value is -0.700. The summed E-state index contributed by atoms with van der Waals surface area (Å²) in [6.07, 6.45) is 0. The first-order chi connectivity index (χ1) is 6.99. The number of carbonyl (C=O) groups is 1. The van der Waals surface area contributed by atoms with Crippen molar-refractivity contribution in [1.29, 1.82) is 0 Å². The van der Waals surface area contributed by atoms with Gasteiger partial charge in [0.25, 0.3) is 10.2 Å². The summed E-state index contributed by atoms with van der Waals surface area (Å²) < 4.78 is 26.5. The van der Waals surface area contributed by atoms with Gasteiger partial charge in [-0.1, -0.05) is 6.92 Å². The Balaban J connectivity index is 2.85. The van der Waals surface area contributed by atoms with Gasteiger partial charge >= 0.3 is 5.97 Å². The van der Waals surface area contributed by atoms with Crippen LogP contribution in [0.3, 0.4) is 0 Å². The molecule has 0 aromatic carbocycles. The normalized spacial score (nSPS) is 23.9. The van der Waals surface area contributed by atoms with Gasteiger partial charge in [0.1, 0.15) is 6.04 Å². The first kappa shape index (κ1) is 12.4. The second-order valence-corrected chi connectivity index (χ2v) is 4.88. The standard InChI is InChI=1S/C7H15N3O4S/c1-2-9-15(13,14)10-4-3-8-5-6(10)7(11)12/h6,8-9H,2-5H2,1H3,(H,11,12). The summed E-state index contributed by atoms with van der Waals surface area (Å²) in [6, 6.07) is -1.03. The van der Waals surface area contributed by atoms with E-state index < -0.39 is 22.2 Å². The molecule has 1 fully saturated rings. The van der Waals surface area contributed by atoms with E-state index in [-0.39, 0.29) is 19.6 Å². The highest BCUT2D eigenvalue weighted by atomic mass is 32.2. The van der Waals surface area contributed by atoms with E-state index >= 15 is 0 Å². The number of rotatable bonds is 4. The van der Waals surface area contributed by atoms with Crippen molar-refractivity contribution in [2.24, 2.45) is 0 Å². The highest BCUT2D eigenvalue weighted by molar-refractivity contribution is 7.87. The van der Waals surface area contributed by atoms with Gasteiger partial charge in [-0.3, -0.25) is 4.79 Å². The lowest BCUT2D eigenvalue weighted by molar-refractivity contribution is -0.141. The molecule has 0 saturated carbocycles.